The first-order valence-electron chi connectivity index (χ1n) is 5.06. The first-order chi connectivity index (χ1) is 8.16. The third-order valence-corrected chi connectivity index (χ3v) is 2.34. The van der Waals surface area contributed by atoms with E-state index in [0.717, 1.165) is 11.1 Å². The number of rotatable bonds is 3. The fourth-order valence-electron chi connectivity index (χ4n) is 1.54. The maximum atomic E-state index is 12.2. The molecule has 0 spiro atoms. The number of nitrogens with two attached hydrogens (primary N) is 1. The third kappa shape index (κ3) is 2.72. The summed E-state index contributed by atoms with van der Waals surface area (Å²) in [7, 11) is 0. The second-order valence-electron chi connectivity index (χ2n) is 3.50. The van der Waals surface area contributed by atoms with Gasteiger partial charge in [-0.05, 0) is 23.3 Å². The topological polar surface area (TPSA) is 35.2 Å². The molecule has 2 nitrogen and oxygen atoms in total. The molecule has 2 rings (SSSR count). The molecule has 0 aromatic heterocycles. The zero-order chi connectivity index (χ0) is 12.3. The normalized spacial score (nSPS) is 10.5. The van der Waals surface area contributed by atoms with Crippen molar-refractivity contribution in [3.05, 3.63) is 48.5 Å². The first-order valence-corrected chi connectivity index (χ1v) is 5.06. The highest BCUT2D eigenvalue weighted by molar-refractivity contribution is 5.69. The van der Waals surface area contributed by atoms with Crippen LogP contribution in [0.1, 0.15) is 0 Å². The molecule has 88 valence electrons. The van der Waals surface area contributed by atoms with Crippen LogP contribution in [0.5, 0.6) is 5.75 Å². The second kappa shape index (κ2) is 4.82. The van der Waals surface area contributed by atoms with Crippen molar-refractivity contribution >= 4 is 5.69 Å². The van der Waals surface area contributed by atoms with Crippen LogP contribution in [0.15, 0.2) is 48.5 Å². The third-order valence-electron chi connectivity index (χ3n) is 2.34. The maximum Gasteiger partial charge on any atom is 0.387 e. The summed E-state index contributed by atoms with van der Waals surface area (Å²) in [6.45, 7) is -2.87. The minimum Gasteiger partial charge on any atom is -0.433 e. The van der Waals surface area contributed by atoms with E-state index < -0.39 is 6.61 Å². The quantitative estimate of drug-likeness (QED) is 0.826. The van der Waals surface area contributed by atoms with E-state index in [0.29, 0.717) is 0 Å². The summed E-state index contributed by atoms with van der Waals surface area (Å²) in [4.78, 5) is 0. The lowest BCUT2D eigenvalue weighted by molar-refractivity contribution is -0.0492. The lowest BCUT2D eigenvalue weighted by Crippen LogP contribution is -2.04. The van der Waals surface area contributed by atoms with E-state index >= 15 is 0 Å². The van der Waals surface area contributed by atoms with Gasteiger partial charge in [-0.3, -0.25) is 0 Å². The molecule has 0 unspecified atom stereocenters. The standard InChI is InChI=1S/C13H11F2NO/c14-13(15)17-12-8-10(6-7-11(12)16)9-4-2-1-3-5-9/h1-8,13H,16H2. The number of hydrogen-bond donors (Lipinski definition) is 1. The predicted molar refractivity (Wildman–Crippen MR) is 62.9 cm³/mol. The van der Waals surface area contributed by atoms with Crippen molar-refractivity contribution in [2.24, 2.45) is 0 Å². The Morgan fingerprint density at radius 1 is 0.941 bits per heavy atom. The Balaban J connectivity index is 2.37. The SMILES string of the molecule is Nc1ccc(-c2ccccc2)cc1OC(F)F. The second-order valence-corrected chi connectivity index (χ2v) is 3.50. The zero-order valence-corrected chi connectivity index (χ0v) is 8.94. The van der Waals surface area contributed by atoms with E-state index in [1.807, 2.05) is 30.3 Å². The Bertz CT molecular complexity index is 500. The summed E-state index contributed by atoms with van der Waals surface area (Å²) < 4.78 is 28.7. The van der Waals surface area contributed by atoms with E-state index in [2.05, 4.69) is 4.74 Å². The van der Waals surface area contributed by atoms with Crippen LogP contribution in [-0.4, -0.2) is 6.61 Å². The number of halogens is 2. The number of anilines is 1. The fourth-order valence-corrected chi connectivity index (χ4v) is 1.54. The number of ether oxygens (including phenoxy) is 1. The number of nitrogen functional groups attached to an aromatic ring is 1. The molecule has 0 aliphatic carbocycles. The van der Waals surface area contributed by atoms with Crippen LogP contribution >= 0.6 is 0 Å². The lowest BCUT2D eigenvalue weighted by Gasteiger charge is -2.09. The summed E-state index contributed by atoms with van der Waals surface area (Å²) in [5.74, 6) is 0.00125. The highest BCUT2D eigenvalue weighted by Gasteiger charge is 2.09. The fraction of sp³-hybridized carbons (Fsp3) is 0.0769. The van der Waals surface area contributed by atoms with E-state index in [4.69, 9.17) is 5.73 Å². The van der Waals surface area contributed by atoms with Gasteiger partial charge in [0.2, 0.25) is 0 Å². The van der Waals surface area contributed by atoms with Crippen molar-refractivity contribution in [2.75, 3.05) is 5.73 Å². The van der Waals surface area contributed by atoms with Crippen molar-refractivity contribution in [3.63, 3.8) is 0 Å². The van der Waals surface area contributed by atoms with Gasteiger partial charge in [0.1, 0.15) is 5.75 Å². The Kier molecular flexibility index (Phi) is 3.23. The Labute approximate surface area is 97.6 Å². The highest BCUT2D eigenvalue weighted by Crippen LogP contribution is 2.29. The van der Waals surface area contributed by atoms with Gasteiger partial charge in [-0.25, -0.2) is 0 Å². The molecule has 0 aliphatic rings. The van der Waals surface area contributed by atoms with Gasteiger partial charge in [0.15, 0.2) is 0 Å². The molecule has 17 heavy (non-hydrogen) atoms. The molecule has 2 aromatic carbocycles. The molecule has 0 amide bonds. The van der Waals surface area contributed by atoms with Crippen LogP contribution in [0, 0.1) is 0 Å². The van der Waals surface area contributed by atoms with Gasteiger partial charge in [-0.15, -0.1) is 0 Å². The van der Waals surface area contributed by atoms with Gasteiger partial charge in [0, 0.05) is 0 Å². The van der Waals surface area contributed by atoms with Gasteiger partial charge in [-0.1, -0.05) is 36.4 Å². The van der Waals surface area contributed by atoms with E-state index in [1.165, 1.54) is 6.07 Å². The van der Waals surface area contributed by atoms with Crippen molar-refractivity contribution < 1.29 is 13.5 Å². The van der Waals surface area contributed by atoms with E-state index in [-0.39, 0.29) is 11.4 Å². The zero-order valence-electron chi connectivity index (χ0n) is 8.94. The molecule has 0 heterocycles. The smallest absolute Gasteiger partial charge is 0.387 e. The largest absolute Gasteiger partial charge is 0.433 e. The van der Waals surface area contributed by atoms with Crippen molar-refractivity contribution in [1.82, 2.24) is 0 Å². The highest BCUT2D eigenvalue weighted by atomic mass is 19.3. The molecule has 2 N–H and O–H groups in total. The van der Waals surface area contributed by atoms with E-state index in [1.54, 1.807) is 12.1 Å². The van der Waals surface area contributed by atoms with E-state index in [9.17, 15) is 8.78 Å². The Morgan fingerprint density at radius 3 is 2.29 bits per heavy atom. The predicted octanol–water partition coefficient (Wildman–Crippen LogP) is 3.54. The van der Waals surface area contributed by atoms with Gasteiger partial charge in [-0.2, -0.15) is 8.78 Å². The van der Waals surface area contributed by atoms with Gasteiger partial charge < -0.3 is 10.5 Å². The average molecular weight is 235 g/mol. The number of benzene rings is 2. The molecular weight excluding hydrogens is 224 g/mol. The Morgan fingerprint density at radius 2 is 1.65 bits per heavy atom. The molecule has 0 bridgehead atoms. The van der Waals surface area contributed by atoms with Crippen molar-refractivity contribution in [3.8, 4) is 16.9 Å². The van der Waals surface area contributed by atoms with Crippen molar-refractivity contribution in [2.45, 2.75) is 6.61 Å². The molecule has 0 atom stereocenters. The molecular formula is C13H11F2NO. The summed E-state index contributed by atoms with van der Waals surface area (Å²) in [5.41, 5.74) is 7.47. The van der Waals surface area contributed by atoms with Crippen molar-refractivity contribution in [1.29, 1.82) is 0 Å². The monoisotopic (exact) mass is 235 g/mol. The number of alkyl halides is 2. The molecule has 0 aliphatic heterocycles. The minimum absolute atomic E-state index is 0.00125. The van der Waals surface area contributed by atoms with Crippen LogP contribution < -0.4 is 10.5 Å². The van der Waals surface area contributed by atoms with Gasteiger partial charge in [0.25, 0.3) is 0 Å². The molecule has 0 saturated heterocycles. The van der Waals surface area contributed by atoms with Crippen LogP contribution in [0.3, 0.4) is 0 Å². The van der Waals surface area contributed by atoms with Crippen LogP contribution in [-0.2, 0) is 0 Å². The van der Waals surface area contributed by atoms with Crippen LogP contribution in [0.2, 0.25) is 0 Å². The summed E-state index contributed by atoms with van der Waals surface area (Å²) in [6, 6.07) is 14.2. The molecule has 0 fully saturated rings. The molecule has 0 radical (unpaired) electrons. The molecule has 0 saturated carbocycles. The maximum absolute atomic E-state index is 12.2. The summed E-state index contributed by atoms with van der Waals surface area (Å²) in [6.07, 6.45) is 0. The number of hydrogen-bond acceptors (Lipinski definition) is 2. The Hall–Kier alpha value is -2.10. The molecule has 2 aromatic rings. The van der Waals surface area contributed by atoms with Crippen LogP contribution in [0.4, 0.5) is 14.5 Å². The molecule has 4 heteroatoms. The lowest BCUT2D eigenvalue weighted by atomic mass is 10.1. The van der Waals surface area contributed by atoms with Crippen LogP contribution in [0.25, 0.3) is 11.1 Å². The first kappa shape index (κ1) is 11.4. The summed E-state index contributed by atoms with van der Waals surface area (Å²) >= 11 is 0. The summed E-state index contributed by atoms with van der Waals surface area (Å²) in [5, 5.41) is 0. The minimum atomic E-state index is -2.87. The average Bonchev–Trinajstić information content (AvgIpc) is 2.32. The van der Waals surface area contributed by atoms with Gasteiger partial charge in [0.05, 0.1) is 5.69 Å². The van der Waals surface area contributed by atoms with Gasteiger partial charge >= 0.3 is 6.61 Å².